The van der Waals surface area contributed by atoms with Gasteiger partial charge in [0, 0.05) is 10.7 Å². The highest BCUT2D eigenvalue weighted by Gasteiger charge is 1.99. The molecule has 4 heteroatoms. The molecule has 1 atom stereocenters. The van der Waals surface area contributed by atoms with Crippen LogP contribution in [0, 0.1) is 0 Å². The van der Waals surface area contributed by atoms with E-state index in [1.165, 1.54) is 0 Å². The van der Waals surface area contributed by atoms with E-state index in [4.69, 9.17) is 4.89 Å². The standard InChI is InChI=1S/C6H7BrNOP/c1-10(9)6-3-2-5(7)4-8-6/h2-4,9H,1H3. The number of pyridine rings is 1. The van der Waals surface area contributed by atoms with Gasteiger partial charge in [-0.1, -0.05) is 0 Å². The normalized spacial score (nSPS) is 13.1. The van der Waals surface area contributed by atoms with Gasteiger partial charge in [-0.15, -0.1) is 0 Å². The Hall–Kier alpha value is 0.0200. The SMILES string of the molecule is CP(O)c1ccc(Br)cn1. The maximum Gasteiger partial charge on any atom is 0.0900 e. The molecule has 54 valence electrons. The van der Waals surface area contributed by atoms with Crippen LogP contribution in [0.15, 0.2) is 22.8 Å². The second kappa shape index (κ2) is 3.42. The molecule has 1 aromatic heterocycles. The fraction of sp³-hybridized carbons (Fsp3) is 0.167. The third kappa shape index (κ3) is 2.01. The first kappa shape index (κ1) is 8.12. The van der Waals surface area contributed by atoms with E-state index in [-0.39, 0.29) is 0 Å². The van der Waals surface area contributed by atoms with Gasteiger partial charge in [-0.25, -0.2) is 0 Å². The van der Waals surface area contributed by atoms with Crippen molar-refractivity contribution in [3.63, 3.8) is 0 Å². The average Bonchev–Trinajstić information content (AvgIpc) is 1.88. The van der Waals surface area contributed by atoms with Crippen molar-refractivity contribution in [2.24, 2.45) is 0 Å². The van der Waals surface area contributed by atoms with Crippen LogP contribution >= 0.6 is 24.1 Å². The summed E-state index contributed by atoms with van der Waals surface area (Å²) < 4.78 is 0.938. The third-order valence-electron chi connectivity index (χ3n) is 1.04. The topological polar surface area (TPSA) is 33.1 Å². The molecule has 1 aromatic rings. The second-order valence-corrected chi connectivity index (χ2v) is 4.28. The molecule has 0 aliphatic rings. The summed E-state index contributed by atoms with van der Waals surface area (Å²) in [6, 6.07) is 3.69. The number of rotatable bonds is 1. The Bertz CT molecular complexity index is 211. The number of hydrogen-bond donors (Lipinski definition) is 1. The van der Waals surface area contributed by atoms with Gasteiger partial charge in [0.2, 0.25) is 0 Å². The smallest absolute Gasteiger partial charge is 0.0900 e. The van der Waals surface area contributed by atoms with E-state index >= 15 is 0 Å². The summed E-state index contributed by atoms with van der Waals surface area (Å²) in [5, 5.41) is 0. The predicted octanol–water partition coefficient (Wildman–Crippen LogP) is 1.49. The van der Waals surface area contributed by atoms with Gasteiger partial charge in [-0.2, -0.15) is 0 Å². The molecule has 0 aromatic carbocycles. The van der Waals surface area contributed by atoms with Crippen LogP contribution in [0.5, 0.6) is 0 Å². The molecule has 2 nitrogen and oxygen atoms in total. The monoisotopic (exact) mass is 219 g/mol. The molecule has 0 aliphatic carbocycles. The van der Waals surface area contributed by atoms with Crippen molar-refractivity contribution < 1.29 is 4.89 Å². The van der Waals surface area contributed by atoms with E-state index in [1.54, 1.807) is 12.9 Å². The highest BCUT2D eigenvalue weighted by atomic mass is 79.9. The van der Waals surface area contributed by atoms with Crippen LogP contribution in [0.2, 0.25) is 0 Å². The van der Waals surface area contributed by atoms with Crippen molar-refractivity contribution >= 4 is 29.5 Å². The van der Waals surface area contributed by atoms with Gasteiger partial charge < -0.3 is 4.89 Å². The molecule has 0 fully saturated rings. The van der Waals surface area contributed by atoms with Gasteiger partial charge in [0.1, 0.15) is 0 Å². The summed E-state index contributed by atoms with van der Waals surface area (Å²) in [6.07, 6.45) is 1.68. The molecule has 1 unspecified atom stereocenters. The van der Waals surface area contributed by atoms with Crippen molar-refractivity contribution in [3.8, 4) is 0 Å². The van der Waals surface area contributed by atoms with E-state index in [1.807, 2.05) is 12.1 Å². The van der Waals surface area contributed by atoms with Crippen molar-refractivity contribution in [3.05, 3.63) is 22.8 Å². The molecule has 0 radical (unpaired) electrons. The molecule has 0 bridgehead atoms. The first-order valence-corrected chi connectivity index (χ1v) is 5.28. The van der Waals surface area contributed by atoms with Gasteiger partial charge in [0.05, 0.1) is 13.6 Å². The van der Waals surface area contributed by atoms with Crippen LogP contribution in [0.4, 0.5) is 0 Å². The van der Waals surface area contributed by atoms with E-state index in [9.17, 15) is 0 Å². The van der Waals surface area contributed by atoms with Gasteiger partial charge in [0.15, 0.2) is 0 Å². The average molecular weight is 220 g/mol. The van der Waals surface area contributed by atoms with Crippen LogP contribution < -0.4 is 5.44 Å². The predicted molar refractivity (Wildman–Crippen MR) is 46.6 cm³/mol. The van der Waals surface area contributed by atoms with Crippen molar-refractivity contribution in [1.82, 2.24) is 4.98 Å². The van der Waals surface area contributed by atoms with Gasteiger partial charge in [-0.3, -0.25) is 4.98 Å². The van der Waals surface area contributed by atoms with Crippen molar-refractivity contribution in [2.45, 2.75) is 0 Å². The summed E-state index contributed by atoms with van der Waals surface area (Å²) >= 11 is 3.26. The summed E-state index contributed by atoms with van der Waals surface area (Å²) in [4.78, 5) is 13.1. The van der Waals surface area contributed by atoms with Crippen LogP contribution in [-0.2, 0) is 0 Å². The Morgan fingerprint density at radius 2 is 2.30 bits per heavy atom. The highest BCUT2D eigenvalue weighted by molar-refractivity contribution is 9.10. The Labute approximate surface area is 69.3 Å². The van der Waals surface area contributed by atoms with E-state index in [0.717, 1.165) is 9.91 Å². The third-order valence-corrected chi connectivity index (χ3v) is 2.44. The fourth-order valence-electron chi connectivity index (χ4n) is 0.559. The van der Waals surface area contributed by atoms with Gasteiger partial charge in [-0.05, 0) is 34.7 Å². The quantitative estimate of drug-likeness (QED) is 0.727. The van der Waals surface area contributed by atoms with E-state index in [0.29, 0.717) is 0 Å². The zero-order valence-electron chi connectivity index (χ0n) is 5.45. The van der Waals surface area contributed by atoms with Crippen molar-refractivity contribution in [2.75, 3.05) is 6.66 Å². The summed E-state index contributed by atoms with van der Waals surface area (Å²) in [5.74, 6) is 0. The Kier molecular flexibility index (Phi) is 2.78. The lowest BCUT2D eigenvalue weighted by Crippen LogP contribution is -2.03. The first-order valence-electron chi connectivity index (χ1n) is 2.74. The maximum absolute atomic E-state index is 9.10. The minimum Gasteiger partial charge on any atom is -0.368 e. The Balaban J connectivity index is 2.89. The van der Waals surface area contributed by atoms with Gasteiger partial charge in [0.25, 0.3) is 0 Å². The maximum atomic E-state index is 9.10. The Morgan fingerprint density at radius 1 is 1.60 bits per heavy atom. The molecule has 0 saturated carbocycles. The van der Waals surface area contributed by atoms with E-state index < -0.39 is 8.15 Å². The minimum atomic E-state index is -1.04. The second-order valence-electron chi connectivity index (χ2n) is 1.86. The van der Waals surface area contributed by atoms with Crippen LogP contribution in [0.25, 0.3) is 0 Å². The largest absolute Gasteiger partial charge is 0.368 e. The zero-order valence-corrected chi connectivity index (χ0v) is 7.93. The lowest BCUT2D eigenvalue weighted by atomic mass is 10.5. The lowest BCUT2D eigenvalue weighted by molar-refractivity contribution is 0.640. The number of halogens is 1. The lowest BCUT2D eigenvalue weighted by Gasteiger charge is -2.00. The highest BCUT2D eigenvalue weighted by Crippen LogP contribution is 2.21. The Morgan fingerprint density at radius 3 is 2.70 bits per heavy atom. The number of hydrogen-bond acceptors (Lipinski definition) is 2. The van der Waals surface area contributed by atoms with Crippen molar-refractivity contribution in [1.29, 1.82) is 0 Å². The number of aromatic nitrogens is 1. The molecule has 1 heterocycles. The molecular formula is C6H7BrNOP. The minimum absolute atomic E-state index is 0.762. The molecule has 0 saturated heterocycles. The van der Waals surface area contributed by atoms with E-state index in [2.05, 4.69) is 20.9 Å². The molecule has 0 aliphatic heterocycles. The van der Waals surface area contributed by atoms with Gasteiger partial charge >= 0.3 is 0 Å². The summed E-state index contributed by atoms with van der Waals surface area (Å²) in [6.45, 7) is 1.76. The summed E-state index contributed by atoms with van der Waals surface area (Å²) in [5.41, 5.74) is 0.762. The van der Waals surface area contributed by atoms with Crippen LogP contribution in [0.3, 0.4) is 0 Å². The molecule has 0 spiro atoms. The number of nitrogens with zero attached hydrogens (tertiary/aromatic N) is 1. The fourth-order valence-corrected chi connectivity index (χ4v) is 1.31. The first-order chi connectivity index (χ1) is 4.70. The molecular weight excluding hydrogens is 213 g/mol. The van der Waals surface area contributed by atoms with Crippen LogP contribution in [-0.4, -0.2) is 16.5 Å². The zero-order chi connectivity index (χ0) is 7.56. The molecule has 0 amide bonds. The summed E-state index contributed by atoms with van der Waals surface area (Å²) in [7, 11) is -1.04. The molecule has 1 N–H and O–H groups in total. The molecule has 10 heavy (non-hydrogen) atoms. The van der Waals surface area contributed by atoms with Crippen LogP contribution in [0.1, 0.15) is 0 Å². The molecule has 1 rings (SSSR count).